The van der Waals surface area contributed by atoms with Gasteiger partial charge in [-0.15, -0.1) is 0 Å². The van der Waals surface area contributed by atoms with Gasteiger partial charge in [-0.3, -0.25) is 0 Å². The molecule has 2 aromatic carbocycles. The van der Waals surface area contributed by atoms with Crippen molar-refractivity contribution in [3.8, 4) is 11.5 Å². The number of aliphatic hydroxyl groups excluding tert-OH is 1. The van der Waals surface area contributed by atoms with E-state index in [2.05, 4.69) is 15.9 Å². The average Bonchev–Trinajstić information content (AvgIpc) is 2.46. The van der Waals surface area contributed by atoms with Crippen LogP contribution in [0.5, 0.6) is 11.5 Å². The zero-order chi connectivity index (χ0) is 13.8. The molecule has 0 bridgehead atoms. The van der Waals surface area contributed by atoms with E-state index in [1.165, 1.54) is 0 Å². The van der Waals surface area contributed by atoms with E-state index in [0.717, 1.165) is 15.6 Å². The second kappa shape index (κ2) is 6.08. The lowest BCUT2D eigenvalue weighted by molar-refractivity contribution is 0.218. The summed E-state index contributed by atoms with van der Waals surface area (Å²) in [6.07, 6.45) is -0.713. The molecule has 19 heavy (non-hydrogen) atoms. The Morgan fingerprint density at radius 1 is 1.00 bits per heavy atom. The molecular formula is C15H15BrO3. The molecule has 0 saturated carbocycles. The normalized spacial score (nSPS) is 12.0. The highest BCUT2D eigenvalue weighted by molar-refractivity contribution is 9.10. The summed E-state index contributed by atoms with van der Waals surface area (Å²) in [5.74, 6) is 1.25. The molecule has 0 unspecified atom stereocenters. The first kappa shape index (κ1) is 13.9. The summed E-state index contributed by atoms with van der Waals surface area (Å²) in [7, 11) is 3.16. The lowest BCUT2D eigenvalue weighted by Crippen LogP contribution is -2.01. The zero-order valence-electron chi connectivity index (χ0n) is 10.8. The fraction of sp³-hybridized carbons (Fsp3) is 0.200. The molecule has 1 atom stereocenters. The van der Waals surface area contributed by atoms with Crippen LogP contribution in [0.1, 0.15) is 17.2 Å². The number of rotatable bonds is 4. The van der Waals surface area contributed by atoms with Crippen molar-refractivity contribution in [2.75, 3.05) is 14.2 Å². The van der Waals surface area contributed by atoms with Crippen molar-refractivity contribution < 1.29 is 14.6 Å². The molecule has 0 aliphatic heterocycles. The van der Waals surface area contributed by atoms with Gasteiger partial charge in [0.25, 0.3) is 0 Å². The standard InChI is InChI=1S/C15H15BrO3/c1-18-13-8-7-10(9-14(13)19-2)15(17)11-5-3-4-6-12(11)16/h3-9,15,17H,1-2H3/t15-/m0/s1. The van der Waals surface area contributed by atoms with E-state index >= 15 is 0 Å². The lowest BCUT2D eigenvalue weighted by Gasteiger charge is -2.15. The summed E-state index contributed by atoms with van der Waals surface area (Å²) in [5, 5.41) is 10.4. The Kier molecular flexibility index (Phi) is 4.45. The van der Waals surface area contributed by atoms with Crippen molar-refractivity contribution in [2.45, 2.75) is 6.10 Å². The van der Waals surface area contributed by atoms with Gasteiger partial charge >= 0.3 is 0 Å². The predicted molar refractivity (Wildman–Crippen MR) is 77.7 cm³/mol. The van der Waals surface area contributed by atoms with Crippen molar-refractivity contribution in [3.05, 3.63) is 58.1 Å². The van der Waals surface area contributed by atoms with Gasteiger partial charge in [0.1, 0.15) is 6.10 Å². The van der Waals surface area contributed by atoms with E-state index in [4.69, 9.17) is 9.47 Å². The average molecular weight is 323 g/mol. The van der Waals surface area contributed by atoms with Crippen LogP contribution in [-0.4, -0.2) is 19.3 Å². The summed E-state index contributed by atoms with van der Waals surface area (Å²) in [6, 6.07) is 13.0. The number of benzene rings is 2. The predicted octanol–water partition coefficient (Wildman–Crippen LogP) is 3.55. The molecular weight excluding hydrogens is 308 g/mol. The highest BCUT2D eigenvalue weighted by Gasteiger charge is 2.15. The SMILES string of the molecule is COc1ccc([C@H](O)c2ccccc2Br)cc1OC. The van der Waals surface area contributed by atoms with Gasteiger partial charge in [-0.05, 0) is 29.3 Å². The maximum absolute atomic E-state index is 10.4. The Labute approximate surface area is 120 Å². The van der Waals surface area contributed by atoms with Gasteiger partial charge in [-0.2, -0.15) is 0 Å². The molecule has 4 heteroatoms. The van der Waals surface area contributed by atoms with Gasteiger partial charge in [0.05, 0.1) is 14.2 Å². The Balaban J connectivity index is 2.39. The third kappa shape index (κ3) is 2.91. The first-order chi connectivity index (χ1) is 9.17. The van der Waals surface area contributed by atoms with Gasteiger partial charge in [0, 0.05) is 4.47 Å². The van der Waals surface area contributed by atoms with E-state index in [1.54, 1.807) is 26.4 Å². The largest absolute Gasteiger partial charge is 0.493 e. The minimum absolute atomic E-state index is 0.603. The Bertz CT molecular complexity index is 569. The Hall–Kier alpha value is -1.52. The van der Waals surface area contributed by atoms with Crippen LogP contribution in [0.3, 0.4) is 0 Å². The molecule has 0 aromatic heterocycles. The second-order valence-corrected chi connectivity index (χ2v) is 4.89. The minimum Gasteiger partial charge on any atom is -0.493 e. The number of hydrogen-bond acceptors (Lipinski definition) is 3. The van der Waals surface area contributed by atoms with Crippen molar-refractivity contribution in [3.63, 3.8) is 0 Å². The molecule has 2 rings (SSSR count). The van der Waals surface area contributed by atoms with Gasteiger partial charge in [0.2, 0.25) is 0 Å². The van der Waals surface area contributed by atoms with E-state index in [0.29, 0.717) is 11.5 Å². The number of hydrogen-bond donors (Lipinski definition) is 1. The van der Waals surface area contributed by atoms with Crippen molar-refractivity contribution in [1.29, 1.82) is 0 Å². The smallest absolute Gasteiger partial charge is 0.161 e. The van der Waals surface area contributed by atoms with Crippen LogP contribution in [0.15, 0.2) is 46.9 Å². The summed E-state index contributed by atoms with van der Waals surface area (Å²) >= 11 is 3.44. The van der Waals surface area contributed by atoms with Gasteiger partial charge < -0.3 is 14.6 Å². The van der Waals surface area contributed by atoms with Gasteiger partial charge in [-0.1, -0.05) is 40.2 Å². The third-order valence-corrected chi connectivity index (χ3v) is 3.65. The fourth-order valence-electron chi connectivity index (χ4n) is 1.90. The first-order valence-electron chi connectivity index (χ1n) is 5.81. The summed E-state index contributed by atoms with van der Waals surface area (Å²) in [6.45, 7) is 0. The summed E-state index contributed by atoms with van der Waals surface area (Å²) in [4.78, 5) is 0. The zero-order valence-corrected chi connectivity index (χ0v) is 12.3. The van der Waals surface area contributed by atoms with Crippen LogP contribution in [0.4, 0.5) is 0 Å². The topological polar surface area (TPSA) is 38.7 Å². The quantitative estimate of drug-likeness (QED) is 0.935. The molecule has 0 fully saturated rings. The van der Waals surface area contributed by atoms with E-state index in [-0.39, 0.29) is 0 Å². The number of methoxy groups -OCH3 is 2. The summed E-state index contributed by atoms with van der Waals surface area (Å²) in [5.41, 5.74) is 1.57. The van der Waals surface area contributed by atoms with Crippen LogP contribution in [-0.2, 0) is 0 Å². The fourth-order valence-corrected chi connectivity index (χ4v) is 2.40. The molecule has 3 nitrogen and oxygen atoms in total. The highest BCUT2D eigenvalue weighted by atomic mass is 79.9. The molecule has 0 heterocycles. The highest BCUT2D eigenvalue weighted by Crippen LogP contribution is 2.34. The van der Waals surface area contributed by atoms with E-state index in [9.17, 15) is 5.11 Å². The molecule has 1 N–H and O–H groups in total. The van der Waals surface area contributed by atoms with Crippen LogP contribution < -0.4 is 9.47 Å². The maximum Gasteiger partial charge on any atom is 0.161 e. The Morgan fingerprint density at radius 2 is 1.68 bits per heavy atom. The molecule has 0 saturated heterocycles. The minimum atomic E-state index is -0.713. The van der Waals surface area contributed by atoms with Gasteiger partial charge in [-0.25, -0.2) is 0 Å². The second-order valence-electron chi connectivity index (χ2n) is 4.04. The molecule has 0 radical (unpaired) electrons. The van der Waals surface area contributed by atoms with Crippen LogP contribution in [0.2, 0.25) is 0 Å². The Morgan fingerprint density at radius 3 is 2.32 bits per heavy atom. The van der Waals surface area contributed by atoms with E-state index in [1.807, 2.05) is 30.3 Å². The number of aliphatic hydroxyl groups is 1. The molecule has 0 spiro atoms. The van der Waals surface area contributed by atoms with Crippen molar-refractivity contribution in [1.82, 2.24) is 0 Å². The van der Waals surface area contributed by atoms with Crippen molar-refractivity contribution in [2.24, 2.45) is 0 Å². The first-order valence-corrected chi connectivity index (χ1v) is 6.61. The van der Waals surface area contributed by atoms with Crippen LogP contribution >= 0.6 is 15.9 Å². The molecule has 2 aromatic rings. The third-order valence-electron chi connectivity index (χ3n) is 2.92. The monoisotopic (exact) mass is 322 g/mol. The van der Waals surface area contributed by atoms with Crippen LogP contribution in [0.25, 0.3) is 0 Å². The molecule has 0 aliphatic rings. The van der Waals surface area contributed by atoms with Crippen molar-refractivity contribution >= 4 is 15.9 Å². The molecule has 100 valence electrons. The van der Waals surface area contributed by atoms with Crippen LogP contribution in [0, 0.1) is 0 Å². The molecule has 0 amide bonds. The number of ether oxygens (including phenoxy) is 2. The van der Waals surface area contributed by atoms with E-state index < -0.39 is 6.10 Å². The molecule has 0 aliphatic carbocycles. The summed E-state index contributed by atoms with van der Waals surface area (Å²) < 4.78 is 11.3. The van der Waals surface area contributed by atoms with Gasteiger partial charge in [0.15, 0.2) is 11.5 Å². The number of halogens is 1. The lowest BCUT2D eigenvalue weighted by atomic mass is 10.0. The maximum atomic E-state index is 10.4.